The van der Waals surface area contributed by atoms with Crippen LogP contribution in [0.2, 0.25) is 0 Å². The number of hydrogen-bond acceptors (Lipinski definition) is 3. The van der Waals surface area contributed by atoms with Gasteiger partial charge in [0.1, 0.15) is 0 Å². The molecule has 0 spiro atoms. The molecule has 0 aromatic heterocycles. The van der Waals surface area contributed by atoms with Crippen LogP contribution in [-0.2, 0) is 4.79 Å². The molecule has 13 heavy (non-hydrogen) atoms. The van der Waals surface area contributed by atoms with E-state index in [4.69, 9.17) is 5.11 Å². The van der Waals surface area contributed by atoms with E-state index >= 15 is 0 Å². The number of carboxylic acid groups (broad SMARTS) is 1. The molecule has 0 radical (unpaired) electrons. The molecular weight excluding hydrogens is 170 g/mol. The summed E-state index contributed by atoms with van der Waals surface area (Å²) in [4.78, 5) is 12.0. The number of hydrogen-bond donors (Lipinski definition) is 2. The maximum atomic E-state index is 10.2. The average Bonchev–Trinajstić information content (AvgIpc) is 2.07. The van der Waals surface area contributed by atoms with Crippen LogP contribution in [0.4, 0.5) is 0 Å². The molecule has 4 heteroatoms. The van der Waals surface area contributed by atoms with Crippen molar-refractivity contribution < 1.29 is 15.0 Å². The van der Waals surface area contributed by atoms with Crippen LogP contribution in [0.3, 0.4) is 0 Å². The summed E-state index contributed by atoms with van der Waals surface area (Å²) in [6, 6.07) is 0. The van der Waals surface area contributed by atoms with Crippen LogP contribution in [0.15, 0.2) is 12.3 Å². The van der Waals surface area contributed by atoms with Crippen LogP contribution in [0, 0.1) is 5.92 Å². The highest BCUT2D eigenvalue weighted by atomic mass is 16.4. The van der Waals surface area contributed by atoms with Crippen molar-refractivity contribution >= 4 is 5.97 Å². The van der Waals surface area contributed by atoms with Gasteiger partial charge in [-0.1, -0.05) is 6.92 Å². The van der Waals surface area contributed by atoms with Crippen molar-refractivity contribution in [3.8, 4) is 0 Å². The lowest BCUT2D eigenvalue weighted by molar-refractivity contribution is -0.131. The third kappa shape index (κ3) is 3.06. The summed E-state index contributed by atoms with van der Waals surface area (Å²) in [6.45, 7) is 3.36. The number of piperidine rings is 1. The number of rotatable bonds is 2. The van der Waals surface area contributed by atoms with Gasteiger partial charge in [-0.25, -0.2) is 4.79 Å². The van der Waals surface area contributed by atoms with Gasteiger partial charge in [0, 0.05) is 25.4 Å². The normalized spacial score (nSPS) is 29.5. The van der Waals surface area contributed by atoms with E-state index in [0.717, 1.165) is 19.0 Å². The Kier molecular flexibility index (Phi) is 3.31. The van der Waals surface area contributed by atoms with E-state index in [1.54, 1.807) is 0 Å². The molecule has 1 saturated heterocycles. The van der Waals surface area contributed by atoms with Crippen LogP contribution in [-0.4, -0.2) is 40.3 Å². The number of likely N-dealkylation sites (tertiary alicyclic amines) is 1. The Balaban J connectivity index is 2.42. The number of carbonyl (C=O) groups is 1. The van der Waals surface area contributed by atoms with Gasteiger partial charge in [0.05, 0.1) is 6.10 Å². The van der Waals surface area contributed by atoms with Crippen LogP contribution in [0.25, 0.3) is 0 Å². The zero-order valence-electron chi connectivity index (χ0n) is 7.68. The lowest BCUT2D eigenvalue weighted by atomic mass is 9.96. The number of β-amino-alcohol motifs (C(OH)–C–C–N with tert-alkyl or cyclic N) is 1. The smallest absolute Gasteiger partial charge is 0.329 e. The molecule has 0 aliphatic carbocycles. The van der Waals surface area contributed by atoms with Gasteiger partial charge in [0.2, 0.25) is 0 Å². The van der Waals surface area contributed by atoms with Gasteiger partial charge >= 0.3 is 5.97 Å². The Morgan fingerprint density at radius 2 is 2.31 bits per heavy atom. The number of carboxylic acids is 1. The first-order valence-corrected chi connectivity index (χ1v) is 4.43. The molecule has 2 unspecified atom stereocenters. The quantitative estimate of drug-likeness (QED) is 0.607. The van der Waals surface area contributed by atoms with E-state index in [1.807, 2.05) is 11.8 Å². The molecule has 0 amide bonds. The second kappa shape index (κ2) is 4.28. The van der Waals surface area contributed by atoms with Crippen molar-refractivity contribution in [2.45, 2.75) is 19.4 Å². The van der Waals surface area contributed by atoms with Crippen molar-refractivity contribution in [2.75, 3.05) is 13.1 Å². The lowest BCUT2D eigenvalue weighted by Crippen LogP contribution is -2.39. The van der Waals surface area contributed by atoms with Crippen molar-refractivity contribution in [1.29, 1.82) is 0 Å². The van der Waals surface area contributed by atoms with Gasteiger partial charge < -0.3 is 15.1 Å². The number of aliphatic hydroxyl groups is 1. The van der Waals surface area contributed by atoms with Crippen LogP contribution in [0.5, 0.6) is 0 Å². The number of aliphatic carboxylic acids is 1. The molecule has 4 nitrogen and oxygen atoms in total. The van der Waals surface area contributed by atoms with E-state index in [-0.39, 0.29) is 6.10 Å². The minimum absolute atomic E-state index is 0.314. The van der Waals surface area contributed by atoms with Gasteiger partial charge in [0.15, 0.2) is 0 Å². The zero-order chi connectivity index (χ0) is 9.84. The first kappa shape index (κ1) is 10.1. The molecule has 2 N–H and O–H groups in total. The predicted molar refractivity (Wildman–Crippen MR) is 48.1 cm³/mol. The fraction of sp³-hybridized carbons (Fsp3) is 0.667. The summed E-state index contributed by atoms with van der Waals surface area (Å²) in [7, 11) is 0. The fourth-order valence-electron chi connectivity index (χ4n) is 1.38. The molecule has 1 fully saturated rings. The summed E-state index contributed by atoms with van der Waals surface area (Å²) in [5, 5.41) is 17.9. The summed E-state index contributed by atoms with van der Waals surface area (Å²) in [5.74, 6) is -0.636. The van der Waals surface area contributed by atoms with E-state index in [9.17, 15) is 9.90 Å². The highest BCUT2D eigenvalue weighted by Crippen LogP contribution is 2.16. The summed E-state index contributed by atoms with van der Waals surface area (Å²) in [6.07, 6.45) is 3.19. The lowest BCUT2D eigenvalue weighted by Gasteiger charge is -2.33. The standard InChI is InChI=1S/C9H15NO3/c1-7-2-4-10(6-8(7)11)5-3-9(12)13/h3,5,7-8,11H,2,4,6H2,1H3,(H,12,13)/b5-3+. The highest BCUT2D eigenvalue weighted by Gasteiger charge is 2.22. The number of aliphatic hydroxyl groups excluding tert-OH is 1. The van der Waals surface area contributed by atoms with Crippen molar-refractivity contribution in [3.05, 3.63) is 12.3 Å². The molecular formula is C9H15NO3. The SMILES string of the molecule is CC1CCN(/C=C/C(=O)O)CC1O. The predicted octanol–water partition coefficient (Wildman–Crippen LogP) is 0.287. The highest BCUT2D eigenvalue weighted by molar-refractivity contribution is 5.79. The molecule has 1 aliphatic heterocycles. The van der Waals surface area contributed by atoms with Crippen molar-refractivity contribution in [2.24, 2.45) is 5.92 Å². The van der Waals surface area contributed by atoms with Crippen LogP contribution >= 0.6 is 0 Å². The van der Waals surface area contributed by atoms with Crippen molar-refractivity contribution in [1.82, 2.24) is 4.90 Å². The molecule has 1 rings (SSSR count). The zero-order valence-corrected chi connectivity index (χ0v) is 7.68. The Morgan fingerprint density at radius 1 is 1.62 bits per heavy atom. The van der Waals surface area contributed by atoms with Gasteiger partial charge in [0.25, 0.3) is 0 Å². The van der Waals surface area contributed by atoms with Crippen molar-refractivity contribution in [3.63, 3.8) is 0 Å². The molecule has 2 atom stereocenters. The van der Waals surface area contributed by atoms with E-state index in [2.05, 4.69) is 0 Å². The molecule has 1 heterocycles. The second-order valence-electron chi connectivity index (χ2n) is 3.48. The topological polar surface area (TPSA) is 60.8 Å². The molecule has 1 aliphatic rings. The first-order valence-electron chi connectivity index (χ1n) is 4.43. The number of nitrogens with zero attached hydrogens (tertiary/aromatic N) is 1. The minimum atomic E-state index is -0.951. The fourth-order valence-corrected chi connectivity index (χ4v) is 1.38. The first-order chi connectivity index (χ1) is 6.09. The minimum Gasteiger partial charge on any atom is -0.478 e. The maximum absolute atomic E-state index is 10.2. The summed E-state index contributed by atoms with van der Waals surface area (Å²) in [5.41, 5.74) is 0. The largest absolute Gasteiger partial charge is 0.478 e. The molecule has 0 aromatic rings. The van der Waals surface area contributed by atoms with Gasteiger partial charge in [-0.2, -0.15) is 0 Å². The van der Waals surface area contributed by atoms with Gasteiger partial charge in [-0.3, -0.25) is 0 Å². The molecule has 74 valence electrons. The van der Waals surface area contributed by atoms with Crippen LogP contribution < -0.4 is 0 Å². The average molecular weight is 185 g/mol. The Hall–Kier alpha value is -1.03. The van der Waals surface area contributed by atoms with E-state index < -0.39 is 5.97 Å². The second-order valence-corrected chi connectivity index (χ2v) is 3.48. The van der Waals surface area contributed by atoms with Gasteiger partial charge in [-0.15, -0.1) is 0 Å². The molecule has 0 aromatic carbocycles. The van der Waals surface area contributed by atoms with Gasteiger partial charge in [-0.05, 0) is 12.3 Å². The summed E-state index contributed by atoms with van der Waals surface area (Å²) >= 11 is 0. The Morgan fingerprint density at radius 3 is 2.85 bits per heavy atom. The maximum Gasteiger partial charge on any atom is 0.329 e. The monoisotopic (exact) mass is 185 g/mol. The van der Waals surface area contributed by atoms with Crippen LogP contribution in [0.1, 0.15) is 13.3 Å². The third-order valence-electron chi connectivity index (χ3n) is 2.38. The Bertz CT molecular complexity index is 215. The summed E-state index contributed by atoms with van der Waals surface area (Å²) < 4.78 is 0. The van der Waals surface area contributed by atoms with E-state index in [1.165, 1.54) is 6.20 Å². The third-order valence-corrected chi connectivity index (χ3v) is 2.38. The molecule has 0 bridgehead atoms. The molecule has 0 saturated carbocycles. The van der Waals surface area contributed by atoms with E-state index in [0.29, 0.717) is 12.5 Å². The Labute approximate surface area is 77.5 Å².